The Hall–Kier alpha value is -2.21. The molecule has 3 heteroatoms. The maximum absolute atomic E-state index is 11.1. The number of allylic oxidation sites excluding steroid dienone is 3. The van der Waals surface area contributed by atoms with Gasteiger partial charge in [0.2, 0.25) is 0 Å². The first-order chi connectivity index (χ1) is 9.49. The molecule has 0 amide bonds. The van der Waals surface area contributed by atoms with Gasteiger partial charge < -0.3 is 9.15 Å². The summed E-state index contributed by atoms with van der Waals surface area (Å²) in [5.41, 5.74) is 2.96. The molecule has 0 aromatic carbocycles. The number of hydrogen-bond donors (Lipinski definition) is 0. The first-order valence-corrected chi connectivity index (χ1v) is 6.50. The number of carbonyl (C=O) groups excluding carboxylic acids is 1. The van der Waals surface area contributed by atoms with Gasteiger partial charge in [0.05, 0.1) is 12.5 Å². The summed E-state index contributed by atoms with van der Waals surface area (Å²) in [7, 11) is 0. The Balaban J connectivity index is 2.72. The van der Waals surface area contributed by atoms with E-state index in [1.54, 1.807) is 18.6 Å². The maximum Gasteiger partial charge on any atom is 0.303 e. The fourth-order valence-electron chi connectivity index (χ4n) is 1.54. The molecule has 0 unspecified atom stereocenters. The quantitative estimate of drug-likeness (QED) is 0.609. The molecule has 1 heterocycles. The number of hydrogen-bond acceptors (Lipinski definition) is 3. The van der Waals surface area contributed by atoms with Crippen LogP contribution in [0.4, 0.5) is 0 Å². The number of furan rings is 1. The average Bonchev–Trinajstić information content (AvgIpc) is 2.87. The zero-order chi connectivity index (χ0) is 15.0. The summed E-state index contributed by atoms with van der Waals surface area (Å²) >= 11 is 0. The molecule has 0 spiro atoms. The minimum Gasteiger partial charge on any atom is -0.472 e. The van der Waals surface area contributed by atoms with Crippen molar-refractivity contribution in [3.63, 3.8) is 0 Å². The summed E-state index contributed by atoms with van der Waals surface area (Å²) in [4.78, 5) is 11.1. The van der Waals surface area contributed by atoms with Crippen molar-refractivity contribution in [1.82, 2.24) is 0 Å². The van der Waals surface area contributed by atoms with Gasteiger partial charge in [-0.1, -0.05) is 23.5 Å². The van der Waals surface area contributed by atoms with E-state index in [-0.39, 0.29) is 12.1 Å². The van der Waals surface area contributed by atoms with Crippen molar-refractivity contribution in [3.05, 3.63) is 47.5 Å². The third-order valence-corrected chi connectivity index (χ3v) is 2.49. The SMILES string of the molecule is CC(=O)O[C@H](C/C=C(\C)C#CC=C(C)C)c1ccoc1. The van der Waals surface area contributed by atoms with E-state index in [9.17, 15) is 4.79 Å². The highest BCUT2D eigenvalue weighted by atomic mass is 16.5. The molecule has 0 radical (unpaired) electrons. The molecule has 0 aliphatic heterocycles. The monoisotopic (exact) mass is 272 g/mol. The smallest absolute Gasteiger partial charge is 0.303 e. The van der Waals surface area contributed by atoms with Crippen LogP contribution in [0.25, 0.3) is 0 Å². The molecule has 20 heavy (non-hydrogen) atoms. The molecule has 1 rings (SSSR count). The van der Waals surface area contributed by atoms with Gasteiger partial charge >= 0.3 is 5.97 Å². The van der Waals surface area contributed by atoms with Crippen LogP contribution in [0.15, 0.2) is 46.3 Å². The maximum atomic E-state index is 11.1. The number of esters is 1. The van der Waals surface area contributed by atoms with Gasteiger partial charge in [0.25, 0.3) is 0 Å². The molecule has 1 atom stereocenters. The minimum absolute atomic E-state index is 0.308. The van der Waals surface area contributed by atoms with Crippen LogP contribution in [-0.4, -0.2) is 5.97 Å². The molecule has 0 aliphatic carbocycles. The van der Waals surface area contributed by atoms with Crippen LogP contribution < -0.4 is 0 Å². The molecule has 0 aliphatic rings. The van der Waals surface area contributed by atoms with Crippen LogP contribution >= 0.6 is 0 Å². The number of carbonyl (C=O) groups is 1. The van der Waals surface area contributed by atoms with Crippen LogP contribution in [-0.2, 0) is 9.53 Å². The van der Waals surface area contributed by atoms with Gasteiger partial charge in [-0.3, -0.25) is 4.79 Å². The Kier molecular flexibility index (Phi) is 6.39. The number of rotatable bonds is 4. The Morgan fingerprint density at radius 1 is 1.40 bits per heavy atom. The Labute approximate surface area is 120 Å². The molecule has 0 saturated heterocycles. The highest BCUT2D eigenvalue weighted by Crippen LogP contribution is 2.23. The van der Waals surface area contributed by atoms with Crippen LogP contribution in [0.5, 0.6) is 0 Å². The second-order valence-corrected chi connectivity index (χ2v) is 4.77. The van der Waals surface area contributed by atoms with Crippen LogP contribution in [0, 0.1) is 11.8 Å². The van der Waals surface area contributed by atoms with Crippen LogP contribution in [0.1, 0.15) is 45.8 Å². The van der Waals surface area contributed by atoms with E-state index in [0.717, 1.165) is 11.1 Å². The van der Waals surface area contributed by atoms with Crippen molar-refractivity contribution in [2.45, 2.75) is 40.2 Å². The highest BCUT2D eigenvalue weighted by molar-refractivity contribution is 5.66. The van der Waals surface area contributed by atoms with Gasteiger partial charge in [-0.2, -0.15) is 0 Å². The van der Waals surface area contributed by atoms with Crippen LogP contribution in [0.2, 0.25) is 0 Å². The van der Waals surface area contributed by atoms with Gasteiger partial charge in [0, 0.05) is 18.9 Å². The van der Waals surface area contributed by atoms with Crippen molar-refractivity contribution in [2.24, 2.45) is 0 Å². The van der Waals surface area contributed by atoms with Crippen LogP contribution in [0.3, 0.4) is 0 Å². The molecular formula is C17H20O3. The highest BCUT2D eigenvalue weighted by Gasteiger charge is 2.14. The van der Waals surface area contributed by atoms with Gasteiger partial charge in [-0.15, -0.1) is 0 Å². The summed E-state index contributed by atoms with van der Waals surface area (Å²) in [6.45, 7) is 7.34. The van der Waals surface area contributed by atoms with Crippen molar-refractivity contribution in [1.29, 1.82) is 0 Å². The van der Waals surface area contributed by atoms with Crippen molar-refractivity contribution < 1.29 is 13.9 Å². The third-order valence-electron chi connectivity index (χ3n) is 2.49. The lowest BCUT2D eigenvalue weighted by molar-refractivity contribution is -0.146. The molecule has 0 fully saturated rings. The van der Waals surface area contributed by atoms with Gasteiger partial charge in [0.15, 0.2) is 0 Å². The van der Waals surface area contributed by atoms with E-state index in [1.807, 2.05) is 32.9 Å². The zero-order valence-electron chi connectivity index (χ0n) is 12.4. The molecule has 1 aromatic rings. The molecule has 0 saturated carbocycles. The summed E-state index contributed by atoms with van der Waals surface area (Å²) in [6.07, 6.45) is 7.24. The standard InChI is InChI=1S/C17H20O3/c1-13(2)6-5-7-14(3)8-9-17(20-15(4)18)16-10-11-19-12-16/h6,8,10-12,17H,9H2,1-4H3/b14-8+/t17-/m1/s1. The third kappa shape index (κ3) is 6.10. The summed E-state index contributed by atoms with van der Waals surface area (Å²) in [5, 5.41) is 0. The normalized spacial score (nSPS) is 12.1. The minimum atomic E-state index is -0.327. The van der Waals surface area contributed by atoms with Gasteiger partial charge in [-0.25, -0.2) is 0 Å². The predicted octanol–water partition coefficient (Wildman–Crippen LogP) is 4.19. The lowest BCUT2D eigenvalue weighted by Gasteiger charge is -2.13. The van der Waals surface area contributed by atoms with E-state index < -0.39 is 0 Å². The summed E-state index contributed by atoms with van der Waals surface area (Å²) < 4.78 is 10.3. The fourth-order valence-corrected chi connectivity index (χ4v) is 1.54. The zero-order valence-corrected chi connectivity index (χ0v) is 12.4. The predicted molar refractivity (Wildman–Crippen MR) is 78.8 cm³/mol. The molecule has 106 valence electrons. The first kappa shape index (κ1) is 15.8. The second-order valence-electron chi connectivity index (χ2n) is 4.77. The topological polar surface area (TPSA) is 39.4 Å². The second kappa shape index (κ2) is 8.06. The summed E-state index contributed by atoms with van der Waals surface area (Å²) in [5.74, 6) is 5.71. The number of ether oxygens (including phenoxy) is 1. The molecule has 3 nitrogen and oxygen atoms in total. The summed E-state index contributed by atoms with van der Waals surface area (Å²) in [6, 6.07) is 1.80. The van der Waals surface area contributed by atoms with E-state index >= 15 is 0 Å². The molecule has 0 bridgehead atoms. The lowest BCUT2D eigenvalue weighted by atomic mass is 10.1. The van der Waals surface area contributed by atoms with Crippen molar-refractivity contribution in [3.8, 4) is 11.8 Å². The van der Waals surface area contributed by atoms with E-state index in [2.05, 4.69) is 11.8 Å². The van der Waals surface area contributed by atoms with Gasteiger partial charge in [-0.05, 0) is 38.5 Å². The first-order valence-electron chi connectivity index (χ1n) is 6.50. The lowest BCUT2D eigenvalue weighted by Crippen LogP contribution is -2.07. The van der Waals surface area contributed by atoms with E-state index in [4.69, 9.17) is 9.15 Å². The Morgan fingerprint density at radius 2 is 2.15 bits per heavy atom. The van der Waals surface area contributed by atoms with Crippen molar-refractivity contribution in [2.75, 3.05) is 0 Å². The largest absolute Gasteiger partial charge is 0.472 e. The fraction of sp³-hybridized carbons (Fsp3) is 0.353. The van der Waals surface area contributed by atoms with Gasteiger partial charge in [0.1, 0.15) is 6.10 Å². The molecule has 0 N–H and O–H groups in total. The Morgan fingerprint density at radius 3 is 2.70 bits per heavy atom. The Bertz CT molecular complexity index is 547. The van der Waals surface area contributed by atoms with E-state index in [1.165, 1.54) is 12.5 Å². The van der Waals surface area contributed by atoms with Crippen molar-refractivity contribution >= 4 is 5.97 Å². The molecule has 1 aromatic heterocycles. The average molecular weight is 272 g/mol. The van der Waals surface area contributed by atoms with E-state index in [0.29, 0.717) is 6.42 Å². The molecular weight excluding hydrogens is 252 g/mol.